The zero-order valence-electron chi connectivity index (χ0n) is 18.6. The van der Waals surface area contributed by atoms with Crippen molar-refractivity contribution in [1.82, 2.24) is 10.2 Å². The number of aryl methyl sites for hydroxylation is 2. The van der Waals surface area contributed by atoms with Gasteiger partial charge in [0.15, 0.2) is 0 Å². The van der Waals surface area contributed by atoms with Gasteiger partial charge in [-0.05, 0) is 49.3 Å². The summed E-state index contributed by atoms with van der Waals surface area (Å²) in [7, 11) is 0. The van der Waals surface area contributed by atoms with Crippen LogP contribution in [-0.4, -0.2) is 50.5 Å². The summed E-state index contributed by atoms with van der Waals surface area (Å²) in [6, 6.07) is 16.2. The van der Waals surface area contributed by atoms with Gasteiger partial charge in [0.1, 0.15) is 16.9 Å². The number of aliphatic hydroxyl groups is 1. The summed E-state index contributed by atoms with van der Waals surface area (Å²) in [4.78, 5) is 40.2. The normalized spacial score (nSPS) is 24.8. The number of amides is 3. The Morgan fingerprint density at radius 2 is 1.88 bits per heavy atom. The molecule has 1 heterocycles. The Labute approximate surface area is 197 Å². The van der Waals surface area contributed by atoms with Crippen LogP contribution in [0.25, 0.3) is 0 Å². The van der Waals surface area contributed by atoms with Crippen LogP contribution in [0.5, 0.6) is 0 Å². The van der Waals surface area contributed by atoms with Gasteiger partial charge in [-0.2, -0.15) is 0 Å². The summed E-state index contributed by atoms with van der Waals surface area (Å²) in [5, 5.41) is 13.6. The molecule has 1 aliphatic carbocycles. The van der Waals surface area contributed by atoms with E-state index < -0.39 is 34.6 Å². The maximum atomic E-state index is 13.4. The molecule has 0 aromatic heterocycles. The fraction of sp³-hybridized carbons (Fsp3) is 0.400. The van der Waals surface area contributed by atoms with E-state index in [0.29, 0.717) is 6.42 Å². The molecule has 2 aliphatic rings. The minimum absolute atomic E-state index is 0.111. The van der Waals surface area contributed by atoms with Crippen LogP contribution in [0, 0.1) is 0 Å². The number of nitrogens with two attached hydrogens (primary N) is 1. The van der Waals surface area contributed by atoms with Gasteiger partial charge < -0.3 is 21.1 Å². The van der Waals surface area contributed by atoms with Crippen LogP contribution in [0.1, 0.15) is 42.5 Å². The summed E-state index contributed by atoms with van der Waals surface area (Å²) in [5.41, 5.74) is 8.93. The lowest BCUT2D eigenvalue weighted by Crippen LogP contribution is -2.60. The molecule has 0 bridgehead atoms. The van der Waals surface area contributed by atoms with E-state index in [1.807, 2.05) is 54.6 Å². The van der Waals surface area contributed by atoms with Gasteiger partial charge in [0.2, 0.25) is 11.8 Å². The predicted molar refractivity (Wildman–Crippen MR) is 127 cm³/mol. The Bertz CT molecular complexity index is 1050. The van der Waals surface area contributed by atoms with Crippen molar-refractivity contribution >= 4 is 29.5 Å². The summed E-state index contributed by atoms with van der Waals surface area (Å²) >= 11 is 1.16. The van der Waals surface area contributed by atoms with Gasteiger partial charge in [-0.25, -0.2) is 0 Å². The molecular formula is C25H29N3O4S. The molecule has 174 valence electrons. The Balaban J connectivity index is 1.50. The molecule has 0 radical (unpaired) electrons. The first-order chi connectivity index (χ1) is 15.8. The SMILES string of the molecule is C[C@]1(C(N)=O)SCN(C(=O)[C@@H](O)CCc2ccccc2)C1C(=O)N[C@H]1CCc2ccccc21. The number of carbonyl (C=O) groups excluding carboxylic acids is 3. The average molecular weight is 468 g/mol. The van der Waals surface area contributed by atoms with Gasteiger partial charge in [-0.15, -0.1) is 11.8 Å². The van der Waals surface area contributed by atoms with Gasteiger partial charge in [0, 0.05) is 0 Å². The summed E-state index contributed by atoms with van der Waals surface area (Å²) < 4.78 is -1.28. The van der Waals surface area contributed by atoms with E-state index >= 15 is 0 Å². The number of rotatable bonds is 7. The van der Waals surface area contributed by atoms with Crippen LogP contribution in [0.4, 0.5) is 0 Å². The second-order valence-corrected chi connectivity index (χ2v) is 10.2. The fourth-order valence-corrected chi connectivity index (χ4v) is 5.88. The Kier molecular flexibility index (Phi) is 6.76. The van der Waals surface area contributed by atoms with Crippen molar-refractivity contribution in [3.8, 4) is 0 Å². The molecule has 0 saturated carbocycles. The third-order valence-electron chi connectivity index (χ3n) is 6.64. The highest BCUT2D eigenvalue weighted by Gasteiger charge is 2.55. The molecule has 33 heavy (non-hydrogen) atoms. The lowest BCUT2D eigenvalue weighted by Gasteiger charge is -2.32. The molecule has 7 nitrogen and oxygen atoms in total. The van der Waals surface area contributed by atoms with E-state index in [1.54, 1.807) is 6.92 Å². The maximum Gasteiger partial charge on any atom is 0.252 e. The molecule has 2 aromatic carbocycles. The zero-order valence-corrected chi connectivity index (χ0v) is 19.4. The summed E-state index contributed by atoms with van der Waals surface area (Å²) in [6.45, 7) is 1.59. The molecule has 1 saturated heterocycles. The molecule has 2 aromatic rings. The second kappa shape index (κ2) is 9.57. The minimum Gasteiger partial charge on any atom is -0.383 e. The third-order valence-corrected chi connectivity index (χ3v) is 8.07. The van der Waals surface area contributed by atoms with Crippen molar-refractivity contribution < 1.29 is 19.5 Å². The van der Waals surface area contributed by atoms with Crippen molar-refractivity contribution in [2.45, 2.75) is 55.5 Å². The van der Waals surface area contributed by atoms with Crippen LogP contribution in [0.15, 0.2) is 54.6 Å². The van der Waals surface area contributed by atoms with Gasteiger partial charge in [0.25, 0.3) is 5.91 Å². The first kappa shape index (κ1) is 23.3. The second-order valence-electron chi connectivity index (χ2n) is 8.79. The number of hydrogen-bond donors (Lipinski definition) is 3. The first-order valence-electron chi connectivity index (χ1n) is 11.2. The topological polar surface area (TPSA) is 113 Å². The van der Waals surface area contributed by atoms with Crippen molar-refractivity contribution in [2.75, 3.05) is 5.88 Å². The van der Waals surface area contributed by atoms with Crippen LogP contribution in [0.2, 0.25) is 0 Å². The van der Waals surface area contributed by atoms with Gasteiger partial charge in [-0.3, -0.25) is 14.4 Å². The van der Waals surface area contributed by atoms with Crippen LogP contribution < -0.4 is 11.1 Å². The number of thioether (sulfide) groups is 1. The Hall–Kier alpha value is -2.84. The molecule has 4 N–H and O–H groups in total. The number of aliphatic hydroxyl groups excluding tert-OH is 1. The predicted octanol–water partition coefficient (Wildman–Crippen LogP) is 1.93. The van der Waals surface area contributed by atoms with E-state index in [4.69, 9.17) is 5.73 Å². The average Bonchev–Trinajstić information content (AvgIpc) is 3.39. The monoisotopic (exact) mass is 467 g/mol. The van der Waals surface area contributed by atoms with Crippen LogP contribution in [-0.2, 0) is 27.2 Å². The molecule has 0 spiro atoms. The number of nitrogens with one attached hydrogen (secondary N) is 1. The zero-order chi connectivity index (χ0) is 23.6. The third kappa shape index (κ3) is 4.63. The molecule has 4 rings (SSSR count). The smallest absolute Gasteiger partial charge is 0.252 e. The van der Waals surface area contributed by atoms with Crippen LogP contribution >= 0.6 is 11.8 Å². The number of nitrogens with zero attached hydrogens (tertiary/aromatic N) is 1. The highest BCUT2D eigenvalue weighted by molar-refractivity contribution is 8.01. The summed E-state index contributed by atoms with van der Waals surface area (Å²) in [6.07, 6.45) is 1.09. The molecule has 1 unspecified atom stereocenters. The largest absolute Gasteiger partial charge is 0.383 e. The van der Waals surface area contributed by atoms with Crippen molar-refractivity contribution in [3.05, 3.63) is 71.3 Å². The molecule has 3 amide bonds. The van der Waals surface area contributed by atoms with Gasteiger partial charge >= 0.3 is 0 Å². The molecule has 8 heteroatoms. The lowest BCUT2D eigenvalue weighted by molar-refractivity contribution is -0.147. The quantitative estimate of drug-likeness (QED) is 0.576. The minimum atomic E-state index is -1.28. The maximum absolute atomic E-state index is 13.4. The number of fused-ring (bicyclic) bond motifs is 1. The highest BCUT2D eigenvalue weighted by atomic mass is 32.2. The number of benzene rings is 2. The van der Waals surface area contributed by atoms with Crippen molar-refractivity contribution in [2.24, 2.45) is 5.73 Å². The first-order valence-corrected chi connectivity index (χ1v) is 12.1. The number of primary amides is 1. The van der Waals surface area contributed by atoms with Crippen LogP contribution in [0.3, 0.4) is 0 Å². The molecule has 4 atom stereocenters. The van der Waals surface area contributed by atoms with E-state index in [9.17, 15) is 19.5 Å². The Morgan fingerprint density at radius 1 is 1.18 bits per heavy atom. The standard InChI is InChI=1S/C25H29N3O4S/c1-25(24(26)32)21(22(30)27-19-13-12-17-9-5-6-10-18(17)19)28(15-33-25)23(31)20(29)14-11-16-7-3-2-4-8-16/h2-10,19-21,29H,11-15H2,1H3,(H2,26,32)(H,27,30)/t19-,20-,21?,25-/m0/s1. The molecule has 1 fully saturated rings. The molecule has 1 aliphatic heterocycles. The van der Waals surface area contributed by atoms with E-state index in [-0.39, 0.29) is 18.3 Å². The van der Waals surface area contributed by atoms with Gasteiger partial charge in [0.05, 0.1) is 11.9 Å². The number of hydrogen-bond acceptors (Lipinski definition) is 5. The van der Waals surface area contributed by atoms with Gasteiger partial charge in [-0.1, -0.05) is 54.6 Å². The Morgan fingerprint density at radius 3 is 2.61 bits per heavy atom. The van der Waals surface area contributed by atoms with E-state index in [1.165, 1.54) is 10.5 Å². The fourth-order valence-electron chi connectivity index (χ4n) is 4.66. The van der Waals surface area contributed by atoms with E-state index in [0.717, 1.165) is 35.7 Å². The summed E-state index contributed by atoms with van der Waals surface area (Å²) in [5.74, 6) is -1.53. The van der Waals surface area contributed by atoms with Crippen molar-refractivity contribution in [1.29, 1.82) is 0 Å². The number of carbonyl (C=O) groups is 3. The van der Waals surface area contributed by atoms with E-state index in [2.05, 4.69) is 5.32 Å². The lowest BCUT2D eigenvalue weighted by atomic mass is 9.96. The molecular weight excluding hydrogens is 438 g/mol. The highest BCUT2D eigenvalue weighted by Crippen LogP contribution is 2.41. The van der Waals surface area contributed by atoms with Crippen molar-refractivity contribution in [3.63, 3.8) is 0 Å².